The van der Waals surface area contributed by atoms with Crippen molar-refractivity contribution in [1.29, 1.82) is 0 Å². The van der Waals surface area contributed by atoms with E-state index in [-0.39, 0.29) is 11.3 Å². The fraction of sp³-hybridized carbons (Fsp3) is 0.280. The number of carbonyl (C=O) groups excluding carboxylic acids is 1. The molecule has 1 amide bonds. The molecule has 8 nitrogen and oxygen atoms in total. The quantitative estimate of drug-likeness (QED) is 0.414. The van der Waals surface area contributed by atoms with E-state index in [1.807, 2.05) is 59.5 Å². The van der Waals surface area contributed by atoms with Gasteiger partial charge in [-0.05, 0) is 35.2 Å². The lowest BCUT2D eigenvalue weighted by Crippen LogP contribution is -2.32. The lowest BCUT2D eigenvalue weighted by Gasteiger charge is -2.18. The van der Waals surface area contributed by atoms with Crippen molar-refractivity contribution in [2.24, 2.45) is 5.41 Å². The molecule has 0 fully saturated rings. The summed E-state index contributed by atoms with van der Waals surface area (Å²) in [5, 5.41) is 10.1. The first-order valence-electron chi connectivity index (χ1n) is 11.0. The Morgan fingerprint density at radius 2 is 1.78 bits per heavy atom. The average molecular weight is 502 g/mol. The highest BCUT2D eigenvalue weighted by atomic mass is 19.4. The fourth-order valence-corrected chi connectivity index (χ4v) is 3.21. The summed E-state index contributed by atoms with van der Waals surface area (Å²) >= 11 is 0. The van der Waals surface area contributed by atoms with Gasteiger partial charge in [0.2, 0.25) is 0 Å². The Morgan fingerprint density at radius 3 is 2.39 bits per heavy atom. The van der Waals surface area contributed by atoms with E-state index in [0.29, 0.717) is 12.2 Å². The van der Waals surface area contributed by atoms with E-state index >= 15 is 0 Å². The third kappa shape index (κ3) is 6.94. The number of fused-ring (bicyclic) bond motifs is 1. The molecular weight excluding hydrogens is 475 g/mol. The molecule has 0 saturated heterocycles. The van der Waals surface area contributed by atoms with Crippen molar-refractivity contribution in [2.45, 2.75) is 33.5 Å². The van der Waals surface area contributed by atoms with E-state index in [2.05, 4.69) is 41.7 Å². The van der Waals surface area contributed by atoms with Crippen LogP contribution in [-0.4, -0.2) is 48.6 Å². The van der Waals surface area contributed by atoms with Gasteiger partial charge in [0.05, 0.1) is 5.52 Å². The summed E-state index contributed by atoms with van der Waals surface area (Å²) in [4.78, 5) is 30.6. The van der Waals surface area contributed by atoms with Crippen molar-refractivity contribution in [3.8, 4) is 11.4 Å². The normalized spacial score (nSPS) is 11.6. The largest absolute Gasteiger partial charge is 0.490 e. The smallest absolute Gasteiger partial charge is 0.475 e. The minimum absolute atomic E-state index is 0.0115. The highest BCUT2D eigenvalue weighted by Gasteiger charge is 2.38. The first-order valence-corrected chi connectivity index (χ1v) is 11.0. The number of amides is 1. The van der Waals surface area contributed by atoms with Crippen molar-refractivity contribution in [2.75, 3.05) is 6.54 Å². The number of halogens is 3. The van der Waals surface area contributed by atoms with Gasteiger partial charge in [-0.1, -0.05) is 32.9 Å². The zero-order valence-electron chi connectivity index (χ0n) is 20.0. The third-order valence-corrected chi connectivity index (χ3v) is 4.88. The maximum absolute atomic E-state index is 12.8. The van der Waals surface area contributed by atoms with E-state index in [9.17, 15) is 18.0 Å². The van der Waals surface area contributed by atoms with Crippen LogP contribution in [0.25, 0.3) is 16.9 Å². The number of hydrogen-bond acceptors (Lipinski definition) is 4. The molecule has 0 unspecified atom stereocenters. The van der Waals surface area contributed by atoms with Gasteiger partial charge in [0.15, 0.2) is 5.69 Å². The van der Waals surface area contributed by atoms with E-state index in [1.54, 1.807) is 6.20 Å². The van der Waals surface area contributed by atoms with E-state index < -0.39 is 12.1 Å². The number of carboxylic acid groups (broad SMARTS) is 1. The number of nitrogens with zero attached hydrogens (tertiary/aromatic N) is 4. The molecule has 36 heavy (non-hydrogen) atoms. The number of aliphatic carboxylic acids is 1. The van der Waals surface area contributed by atoms with E-state index in [1.165, 1.54) is 0 Å². The van der Waals surface area contributed by atoms with Crippen molar-refractivity contribution < 1.29 is 27.9 Å². The third-order valence-electron chi connectivity index (χ3n) is 4.88. The Balaban J connectivity index is 0.000000454. The molecule has 4 aromatic rings. The summed E-state index contributed by atoms with van der Waals surface area (Å²) < 4.78 is 35.8. The maximum Gasteiger partial charge on any atom is 0.490 e. The molecule has 4 aromatic heterocycles. The molecule has 0 atom stereocenters. The molecule has 0 aliphatic rings. The number of carbonyl (C=O) groups is 2. The predicted molar refractivity (Wildman–Crippen MR) is 127 cm³/mol. The standard InChI is InChI=1S/C23H25N5O.C2HF3O2/c1-23(2,3)16-25-22(29)20-19-8-4-5-11-28(19)21(26-20)18-9-12-27(15-18)14-17-7-6-10-24-13-17;3-2(4,5)1(6)7/h4-13,15H,14,16H2,1-3H3,(H,25,29);(H,6,7). The number of rotatable bonds is 5. The summed E-state index contributed by atoms with van der Waals surface area (Å²) in [5.74, 6) is -2.15. The molecule has 0 aliphatic carbocycles. The van der Waals surface area contributed by atoms with Crippen LogP contribution >= 0.6 is 0 Å². The lowest BCUT2D eigenvalue weighted by molar-refractivity contribution is -0.192. The summed E-state index contributed by atoms with van der Waals surface area (Å²) in [5.41, 5.74) is 3.35. The second-order valence-electron chi connectivity index (χ2n) is 9.22. The SMILES string of the molecule is CC(C)(C)CNC(=O)c1nc(-c2ccn(Cc3cccnc3)c2)n2ccccc12.O=C(O)C(F)(F)F. The monoisotopic (exact) mass is 501 g/mol. The number of alkyl halides is 3. The van der Waals surface area contributed by atoms with Crippen LogP contribution in [0.4, 0.5) is 13.2 Å². The summed E-state index contributed by atoms with van der Waals surface area (Å²) in [7, 11) is 0. The molecule has 0 bridgehead atoms. The molecule has 0 radical (unpaired) electrons. The van der Waals surface area contributed by atoms with Crippen molar-refractivity contribution in [3.63, 3.8) is 0 Å². The van der Waals surface area contributed by atoms with Crippen molar-refractivity contribution in [1.82, 2.24) is 24.3 Å². The van der Waals surface area contributed by atoms with Gasteiger partial charge in [-0.25, -0.2) is 9.78 Å². The molecule has 190 valence electrons. The molecule has 0 aliphatic heterocycles. The van der Waals surface area contributed by atoms with Gasteiger partial charge in [-0.2, -0.15) is 13.2 Å². The van der Waals surface area contributed by atoms with Crippen molar-refractivity contribution in [3.05, 3.63) is 78.6 Å². The zero-order valence-corrected chi connectivity index (χ0v) is 20.0. The van der Waals surface area contributed by atoms with E-state index in [4.69, 9.17) is 14.9 Å². The van der Waals surface area contributed by atoms with Crippen LogP contribution in [-0.2, 0) is 11.3 Å². The Morgan fingerprint density at radius 1 is 1.06 bits per heavy atom. The van der Waals surface area contributed by atoms with Crippen LogP contribution in [0, 0.1) is 5.41 Å². The Labute approximate surface area is 205 Å². The van der Waals surface area contributed by atoms with Crippen LogP contribution < -0.4 is 5.32 Å². The lowest BCUT2D eigenvalue weighted by atomic mass is 9.97. The van der Waals surface area contributed by atoms with Crippen LogP contribution in [0.2, 0.25) is 0 Å². The highest BCUT2D eigenvalue weighted by molar-refractivity contribution is 6.00. The summed E-state index contributed by atoms with van der Waals surface area (Å²) in [6, 6.07) is 11.8. The zero-order chi connectivity index (χ0) is 26.5. The molecule has 0 spiro atoms. The maximum atomic E-state index is 12.8. The molecule has 2 N–H and O–H groups in total. The molecule has 0 aromatic carbocycles. The summed E-state index contributed by atoms with van der Waals surface area (Å²) in [6.45, 7) is 7.60. The van der Waals surface area contributed by atoms with Crippen molar-refractivity contribution >= 4 is 17.4 Å². The second-order valence-corrected chi connectivity index (χ2v) is 9.22. The number of pyridine rings is 2. The number of aromatic nitrogens is 4. The van der Waals surface area contributed by atoms with Crippen LogP contribution in [0.5, 0.6) is 0 Å². The molecule has 4 heterocycles. The Bertz CT molecular complexity index is 1340. The number of nitrogens with one attached hydrogen (secondary N) is 1. The van der Waals surface area contributed by atoms with Crippen LogP contribution in [0.3, 0.4) is 0 Å². The number of carboxylic acids is 1. The second kappa shape index (κ2) is 10.6. The first kappa shape index (κ1) is 26.5. The molecule has 0 saturated carbocycles. The Kier molecular flexibility index (Phi) is 7.81. The van der Waals surface area contributed by atoms with Gasteiger partial charge in [-0.15, -0.1) is 0 Å². The fourth-order valence-electron chi connectivity index (χ4n) is 3.21. The average Bonchev–Trinajstić information content (AvgIpc) is 3.42. The predicted octanol–water partition coefficient (Wildman–Crippen LogP) is 4.66. The Hall–Kier alpha value is -4.15. The van der Waals surface area contributed by atoms with Gasteiger partial charge >= 0.3 is 12.1 Å². The molecule has 4 rings (SSSR count). The molecular formula is C25H26F3N5O3. The van der Waals surface area contributed by atoms with Gasteiger partial charge in [0.1, 0.15) is 5.82 Å². The van der Waals surface area contributed by atoms with Crippen LogP contribution in [0.15, 0.2) is 67.4 Å². The molecule has 11 heteroatoms. The van der Waals surface area contributed by atoms with Gasteiger partial charge in [0, 0.05) is 49.6 Å². The van der Waals surface area contributed by atoms with E-state index in [0.717, 1.165) is 29.0 Å². The minimum atomic E-state index is -5.08. The highest BCUT2D eigenvalue weighted by Crippen LogP contribution is 2.24. The topological polar surface area (TPSA) is 102 Å². The first-order chi connectivity index (χ1) is 16.8. The van der Waals surface area contributed by atoms with Gasteiger partial charge in [0.25, 0.3) is 5.91 Å². The van der Waals surface area contributed by atoms with Crippen LogP contribution in [0.1, 0.15) is 36.8 Å². The minimum Gasteiger partial charge on any atom is -0.475 e. The van der Waals surface area contributed by atoms with Gasteiger partial charge < -0.3 is 15.0 Å². The van der Waals surface area contributed by atoms with Gasteiger partial charge in [-0.3, -0.25) is 14.2 Å². The number of hydrogen-bond donors (Lipinski definition) is 2. The number of imidazole rings is 1. The summed E-state index contributed by atoms with van der Waals surface area (Å²) in [6.07, 6.45) is 4.56.